The second-order valence-electron chi connectivity index (χ2n) is 6.47. The molecule has 0 radical (unpaired) electrons. The van der Waals surface area contributed by atoms with Crippen LogP contribution in [0.5, 0.6) is 0 Å². The Kier molecular flexibility index (Phi) is 6.55. The van der Waals surface area contributed by atoms with E-state index in [1.54, 1.807) is 16.1 Å². The van der Waals surface area contributed by atoms with Crippen LogP contribution in [0, 0.1) is 11.8 Å². The quantitative estimate of drug-likeness (QED) is 0.473. The van der Waals surface area contributed by atoms with Crippen molar-refractivity contribution in [2.24, 2.45) is 0 Å². The summed E-state index contributed by atoms with van der Waals surface area (Å²) in [7, 11) is 0. The van der Waals surface area contributed by atoms with Gasteiger partial charge in [-0.15, -0.1) is 5.92 Å². The molecule has 1 aliphatic heterocycles. The molecule has 1 N–H and O–H groups in total. The van der Waals surface area contributed by atoms with Gasteiger partial charge in [0.05, 0.1) is 13.1 Å². The lowest BCUT2D eigenvalue weighted by molar-refractivity contribution is 0.585. The van der Waals surface area contributed by atoms with Crippen LogP contribution in [-0.2, 0) is 13.1 Å². The van der Waals surface area contributed by atoms with E-state index in [0.717, 1.165) is 31.8 Å². The van der Waals surface area contributed by atoms with E-state index in [2.05, 4.69) is 32.0 Å². The molecule has 8 heteroatoms. The van der Waals surface area contributed by atoms with Gasteiger partial charge in [-0.3, -0.25) is 9.13 Å². The minimum absolute atomic E-state index is 0.140. The third-order valence-corrected chi connectivity index (χ3v) is 4.90. The van der Waals surface area contributed by atoms with Gasteiger partial charge in [0.25, 0.3) is 0 Å². The number of imidazole rings is 1. The number of halogens is 1. The number of rotatable bonds is 5. The van der Waals surface area contributed by atoms with E-state index in [0.29, 0.717) is 23.5 Å². The zero-order chi connectivity index (χ0) is 20.1. The van der Waals surface area contributed by atoms with Gasteiger partial charge >= 0.3 is 5.69 Å². The molecule has 3 heterocycles. The third-order valence-electron chi connectivity index (χ3n) is 4.73. The summed E-state index contributed by atoms with van der Waals surface area (Å²) in [4.78, 5) is 24.3. The summed E-state index contributed by atoms with van der Waals surface area (Å²) in [5.74, 6) is 6.56. The van der Waals surface area contributed by atoms with Gasteiger partial charge < -0.3 is 10.2 Å². The van der Waals surface area contributed by atoms with Crippen molar-refractivity contribution in [3.8, 4) is 11.8 Å². The van der Waals surface area contributed by atoms with Crippen molar-refractivity contribution in [2.75, 3.05) is 31.1 Å². The summed E-state index contributed by atoms with van der Waals surface area (Å²) in [6.07, 6.45) is 5.93. The van der Waals surface area contributed by atoms with Gasteiger partial charge in [-0.05, 0) is 37.9 Å². The van der Waals surface area contributed by atoms with Crippen LogP contribution in [0.3, 0.4) is 0 Å². The van der Waals surface area contributed by atoms with E-state index in [1.165, 1.54) is 0 Å². The second kappa shape index (κ2) is 9.09. The molecule has 0 bridgehead atoms. The van der Waals surface area contributed by atoms with Crippen molar-refractivity contribution >= 4 is 28.6 Å². The molecular weight excluding hydrogens is 376 g/mol. The molecule has 2 aromatic rings. The smallest absolute Gasteiger partial charge is 0.331 e. The Morgan fingerprint density at radius 1 is 1.25 bits per heavy atom. The monoisotopic (exact) mass is 400 g/mol. The molecule has 0 saturated carbocycles. The maximum absolute atomic E-state index is 13.3. The highest BCUT2D eigenvalue weighted by atomic mass is 35.5. The lowest BCUT2D eigenvalue weighted by Crippen LogP contribution is -2.44. The minimum Gasteiger partial charge on any atom is -0.352 e. The molecular formula is C20H25ClN6O. The van der Waals surface area contributed by atoms with E-state index in [-0.39, 0.29) is 17.5 Å². The molecule has 1 saturated heterocycles. The molecule has 0 amide bonds. The summed E-state index contributed by atoms with van der Waals surface area (Å²) < 4.78 is 3.31. The number of piperazine rings is 1. The zero-order valence-electron chi connectivity index (χ0n) is 16.5. The molecule has 0 aromatic carbocycles. The zero-order valence-corrected chi connectivity index (χ0v) is 17.3. The first-order valence-electron chi connectivity index (χ1n) is 9.40. The first-order chi connectivity index (χ1) is 13.6. The fraction of sp³-hybridized carbons (Fsp3) is 0.450. The summed E-state index contributed by atoms with van der Waals surface area (Å²) in [6.45, 7) is 9.66. The Balaban J connectivity index is 2.26. The third kappa shape index (κ3) is 3.98. The number of hydrogen-bond donors (Lipinski definition) is 1. The van der Waals surface area contributed by atoms with E-state index >= 15 is 0 Å². The van der Waals surface area contributed by atoms with Crippen molar-refractivity contribution in [2.45, 2.75) is 33.9 Å². The summed E-state index contributed by atoms with van der Waals surface area (Å²) in [6, 6.07) is 0. The van der Waals surface area contributed by atoms with Crippen LogP contribution in [0.1, 0.15) is 20.8 Å². The molecule has 3 rings (SSSR count). The van der Waals surface area contributed by atoms with Gasteiger partial charge in [-0.1, -0.05) is 24.1 Å². The summed E-state index contributed by atoms with van der Waals surface area (Å²) in [5.41, 5.74) is 2.09. The summed E-state index contributed by atoms with van der Waals surface area (Å²) in [5, 5.41) is 3.47. The highest BCUT2D eigenvalue weighted by Crippen LogP contribution is 2.26. The van der Waals surface area contributed by atoms with Gasteiger partial charge in [0.15, 0.2) is 11.5 Å². The fourth-order valence-corrected chi connectivity index (χ4v) is 3.51. The molecule has 2 aromatic heterocycles. The Labute approximate surface area is 169 Å². The fourth-order valence-electron chi connectivity index (χ4n) is 3.35. The van der Waals surface area contributed by atoms with E-state index in [1.807, 2.05) is 32.1 Å². The van der Waals surface area contributed by atoms with Gasteiger partial charge in [0.2, 0.25) is 5.28 Å². The number of anilines is 1. The Morgan fingerprint density at radius 3 is 2.64 bits per heavy atom. The van der Waals surface area contributed by atoms with Crippen LogP contribution in [0.15, 0.2) is 28.6 Å². The SMILES string of the molecule is CC#CCn1c(=O)n(CC(/C=C\C)=C/C)c2nc(Cl)nc(N3CCNCC3)c21. The van der Waals surface area contributed by atoms with Gasteiger partial charge in [0, 0.05) is 26.2 Å². The second-order valence-corrected chi connectivity index (χ2v) is 6.81. The van der Waals surface area contributed by atoms with Gasteiger partial charge in [-0.25, -0.2) is 4.79 Å². The van der Waals surface area contributed by atoms with Crippen molar-refractivity contribution in [3.63, 3.8) is 0 Å². The molecule has 0 unspecified atom stereocenters. The van der Waals surface area contributed by atoms with Crippen molar-refractivity contribution < 1.29 is 0 Å². The van der Waals surface area contributed by atoms with Gasteiger partial charge in [-0.2, -0.15) is 9.97 Å². The van der Waals surface area contributed by atoms with Crippen molar-refractivity contribution in [1.29, 1.82) is 0 Å². The topological polar surface area (TPSA) is 68.0 Å². The molecule has 0 aliphatic carbocycles. The predicted octanol–water partition coefficient (Wildman–Crippen LogP) is 2.20. The average Bonchev–Trinajstić information content (AvgIpc) is 2.97. The number of hydrogen-bond acceptors (Lipinski definition) is 5. The maximum atomic E-state index is 13.3. The molecule has 1 aliphatic rings. The van der Waals surface area contributed by atoms with Crippen LogP contribution >= 0.6 is 11.6 Å². The highest BCUT2D eigenvalue weighted by Gasteiger charge is 2.24. The molecule has 0 spiro atoms. The number of aromatic nitrogens is 4. The van der Waals surface area contributed by atoms with Crippen LogP contribution in [0.4, 0.5) is 5.82 Å². The number of nitrogens with zero attached hydrogens (tertiary/aromatic N) is 5. The Bertz CT molecular complexity index is 1030. The molecule has 7 nitrogen and oxygen atoms in total. The van der Waals surface area contributed by atoms with Crippen LogP contribution in [-0.4, -0.2) is 45.3 Å². The van der Waals surface area contributed by atoms with Crippen molar-refractivity contribution in [1.82, 2.24) is 24.4 Å². The molecule has 28 heavy (non-hydrogen) atoms. The Hall–Kier alpha value is -2.56. The molecule has 1 fully saturated rings. The maximum Gasteiger partial charge on any atom is 0.331 e. The van der Waals surface area contributed by atoms with E-state index in [9.17, 15) is 4.79 Å². The van der Waals surface area contributed by atoms with E-state index in [4.69, 9.17) is 11.6 Å². The predicted molar refractivity (Wildman–Crippen MR) is 114 cm³/mol. The molecule has 148 valence electrons. The normalized spacial score (nSPS) is 15.3. The van der Waals surface area contributed by atoms with Crippen LogP contribution < -0.4 is 15.9 Å². The summed E-state index contributed by atoms with van der Waals surface area (Å²) >= 11 is 6.27. The Morgan fingerprint density at radius 2 is 2.00 bits per heavy atom. The van der Waals surface area contributed by atoms with E-state index < -0.39 is 0 Å². The lowest BCUT2D eigenvalue weighted by Gasteiger charge is -2.28. The van der Waals surface area contributed by atoms with Crippen LogP contribution in [0.2, 0.25) is 5.28 Å². The minimum atomic E-state index is -0.158. The van der Waals surface area contributed by atoms with Crippen molar-refractivity contribution in [3.05, 3.63) is 39.6 Å². The number of nitrogens with one attached hydrogen (secondary N) is 1. The first kappa shape index (κ1) is 20.2. The first-order valence-corrected chi connectivity index (χ1v) is 9.78. The standard InChI is InChI=1S/C20H25ClN6O/c1-4-7-11-26-16-17(25-12-9-22-10-13-25)23-19(21)24-18(16)27(20(26)28)14-15(6-3)8-5-2/h5-6,8,22H,9-14H2,1-3H3/b8-5-,15-6+. The highest BCUT2D eigenvalue weighted by molar-refractivity contribution is 6.28. The lowest BCUT2D eigenvalue weighted by atomic mass is 10.2. The van der Waals surface area contributed by atoms with Gasteiger partial charge in [0.1, 0.15) is 5.52 Å². The van der Waals surface area contributed by atoms with Crippen LogP contribution in [0.25, 0.3) is 11.2 Å². The average molecular weight is 401 g/mol. The number of allylic oxidation sites excluding steroid dienone is 4. The molecule has 0 atom stereocenters. The largest absolute Gasteiger partial charge is 0.352 e. The number of fused-ring (bicyclic) bond motifs is 1.